The van der Waals surface area contributed by atoms with Crippen molar-refractivity contribution >= 4 is 34.8 Å². The molecular formula is C18H14ClF6N3O2. The van der Waals surface area contributed by atoms with Gasteiger partial charge in [-0.25, -0.2) is 0 Å². The van der Waals surface area contributed by atoms with Crippen LogP contribution in [0.5, 0.6) is 0 Å². The highest BCUT2D eigenvalue weighted by molar-refractivity contribution is 6.30. The van der Waals surface area contributed by atoms with Crippen LogP contribution in [0.2, 0.25) is 5.02 Å². The molecule has 0 atom stereocenters. The molecule has 0 spiro atoms. The van der Waals surface area contributed by atoms with Crippen LogP contribution in [0, 0.1) is 0 Å². The molecule has 30 heavy (non-hydrogen) atoms. The van der Waals surface area contributed by atoms with E-state index in [1.807, 2.05) is 0 Å². The Kier molecular flexibility index (Phi) is 7.19. The molecule has 5 nitrogen and oxygen atoms in total. The second-order valence-electron chi connectivity index (χ2n) is 5.93. The third-order valence-electron chi connectivity index (χ3n) is 3.62. The Morgan fingerprint density at radius 1 is 0.933 bits per heavy atom. The van der Waals surface area contributed by atoms with Crippen LogP contribution < -0.4 is 16.0 Å². The highest BCUT2D eigenvalue weighted by atomic mass is 35.5. The van der Waals surface area contributed by atoms with E-state index in [4.69, 9.17) is 11.6 Å². The quantitative estimate of drug-likeness (QED) is 0.555. The van der Waals surface area contributed by atoms with Crippen molar-refractivity contribution < 1.29 is 35.9 Å². The van der Waals surface area contributed by atoms with E-state index in [0.29, 0.717) is 6.07 Å². The third kappa shape index (κ3) is 6.83. The number of anilines is 2. The van der Waals surface area contributed by atoms with Gasteiger partial charge in [0.05, 0.1) is 23.4 Å². The zero-order chi connectivity index (χ0) is 22.5. The number of alkyl halides is 6. The zero-order valence-electron chi connectivity index (χ0n) is 14.9. The van der Waals surface area contributed by atoms with E-state index in [1.165, 1.54) is 30.3 Å². The fourth-order valence-corrected chi connectivity index (χ4v) is 2.51. The maximum Gasteiger partial charge on any atom is 0.418 e. The van der Waals surface area contributed by atoms with Crippen molar-refractivity contribution in [3.63, 3.8) is 0 Å². The normalized spacial score (nSPS) is 11.7. The summed E-state index contributed by atoms with van der Waals surface area (Å²) < 4.78 is 76.0. The van der Waals surface area contributed by atoms with Crippen molar-refractivity contribution in [2.24, 2.45) is 0 Å². The van der Waals surface area contributed by atoms with Crippen molar-refractivity contribution in [3.8, 4) is 0 Å². The Labute approximate surface area is 171 Å². The second kappa shape index (κ2) is 9.24. The van der Waals surface area contributed by atoms with Crippen LogP contribution in [0.1, 0.15) is 15.9 Å². The molecule has 0 saturated heterocycles. The third-order valence-corrected chi connectivity index (χ3v) is 3.86. The molecule has 0 aliphatic rings. The topological polar surface area (TPSA) is 70.2 Å². The number of rotatable bonds is 6. The van der Waals surface area contributed by atoms with Crippen LogP contribution in [0.3, 0.4) is 0 Å². The van der Waals surface area contributed by atoms with Crippen molar-refractivity contribution in [1.29, 1.82) is 0 Å². The fraction of sp³-hybridized carbons (Fsp3) is 0.222. The van der Waals surface area contributed by atoms with Crippen LogP contribution in [0.15, 0.2) is 42.5 Å². The summed E-state index contributed by atoms with van der Waals surface area (Å²) in [6, 6.07) is 8.23. The van der Waals surface area contributed by atoms with E-state index in [0.717, 1.165) is 6.07 Å². The Hall–Kier alpha value is -2.95. The molecule has 162 valence electrons. The first kappa shape index (κ1) is 23.3. The molecule has 2 aromatic carbocycles. The number of hydrogen-bond acceptors (Lipinski definition) is 3. The number of carbonyl (C=O) groups excluding carboxylic acids is 2. The summed E-state index contributed by atoms with van der Waals surface area (Å²) in [6.45, 7) is -2.10. The van der Waals surface area contributed by atoms with E-state index in [2.05, 4.69) is 10.6 Å². The zero-order valence-corrected chi connectivity index (χ0v) is 15.7. The van der Waals surface area contributed by atoms with Crippen LogP contribution >= 0.6 is 11.6 Å². The van der Waals surface area contributed by atoms with Gasteiger partial charge in [-0.05, 0) is 30.3 Å². The average Bonchev–Trinajstić information content (AvgIpc) is 2.64. The lowest BCUT2D eigenvalue weighted by atomic mass is 10.1. The minimum absolute atomic E-state index is 0.0273. The van der Waals surface area contributed by atoms with Crippen LogP contribution in [0.25, 0.3) is 0 Å². The summed E-state index contributed by atoms with van der Waals surface area (Å²) in [5.74, 6) is -1.92. The number of halogens is 7. The van der Waals surface area contributed by atoms with Crippen molar-refractivity contribution in [3.05, 3.63) is 58.6 Å². The van der Waals surface area contributed by atoms with Gasteiger partial charge in [-0.1, -0.05) is 23.7 Å². The molecule has 0 radical (unpaired) electrons. The first-order valence-corrected chi connectivity index (χ1v) is 8.59. The fourth-order valence-electron chi connectivity index (χ4n) is 2.34. The molecule has 2 aromatic rings. The van der Waals surface area contributed by atoms with Crippen LogP contribution in [0.4, 0.5) is 37.7 Å². The predicted molar refractivity (Wildman–Crippen MR) is 98.4 cm³/mol. The van der Waals surface area contributed by atoms with E-state index in [9.17, 15) is 35.9 Å². The Morgan fingerprint density at radius 3 is 2.23 bits per heavy atom. The van der Waals surface area contributed by atoms with E-state index in [-0.39, 0.29) is 16.3 Å². The van der Waals surface area contributed by atoms with Gasteiger partial charge in [0.2, 0.25) is 5.91 Å². The lowest BCUT2D eigenvalue weighted by Gasteiger charge is -2.15. The molecule has 2 rings (SSSR count). The molecule has 0 heterocycles. The number of hydrogen-bond donors (Lipinski definition) is 3. The predicted octanol–water partition coefficient (Wildman–Crippen LogP) is 4.70. The number of amides is 2. The van der Waals surface area contributed by atoms with Gasteiger partial charge in [-0.15, -0.1) is 0 Å². The lowest BCUT2D eigenvalue weighted by molar-refractivity contribution is -0.137. The van der Waals surface area contributed by atoms with Crippen molar-refractivity contribution in [1.82, 2.24) is 5.32 Å². The van der Waals surface area contributed by atoms with Gasteiger partial charge in [-0.2, -0.15) is 26.3 Å². The largest absolute Gasteiger partial charge is 0.418 e. The van der Waals surface area contributed by atoms with Gasteiger partial charge in [0.25, 0.3) is 5.91 Å². The summed E-state index contributed by atoms with van der Waals surface area (Å²) in [7, 11) is 0. The van der Waals surface area contributed by atoms with Gasteiger partial charge < -0.3 is 16.0 Å². The van der Waals surface area contributed by atoms with Gasteiger partial charge in [-0.3, -0.25) is 9.59 Å². The highest BCUT2D eigenvalue weighted by Crippen LogP contribution is 2.36. The number of nitrogens with one attached hydrogen (secondary N) is 3. The molecule has 0 bridgehead atoms. The molecule has 0 aliphatic carbocycles. The number of benzene rings is 2. The summed E-state index contributed by atoms with van der Waals surface area (Å²) >= 11 is 5.57. The van der Waals surface area contributed by atoms with E-state index in [1.54, 1.807) is 5.32 Å². The minimum atomic E-state index is -4.76. The number of carbonyl (C=O) groups is 2. The Bertz CT molecular complexity index is 931. The molecule has 0 saturated carbocycles. The van der Waals surface area contributed by atoms with E-state index < -0.39 is 48.5 Å². The average molecular weight is 454 g/mol. The smallest absolute Gasteiger partial charge is 0.376 e. The number of para-hydroxylation sites is 1. The lowest BCUT2D eigenvalue weighted by Crippen LogP contribution is -2.34. The molecule has 3 N–H and O–H groups in total. The van der Waals surface area contributed by atoms with Gasteiger partial charge in [0.1, 0.15) is 6.54 Å². The maximum atomic E-state index is 13.1. The SMILES string of the molecule is O=C(CNc1ccccc1C(=O)NCC(F)(F)F)Nc1ccc(Cl)cc1C(F)(F)F. The molecule has 0 unspecified atom stereocenters. The molecule has 2 amide bonds. The minimum Gasteiger partial charge on any atom is -0.376 e. The second-order valence-corrected chi connectivity index (χ2v) is 6.37. The standard InChI is InChI=1S/C18H14ClF6N3O2/c19-10-5-6-14(12(7-10)18(23,24)25)28-15(29)8-26-13-4-2-1-3-11(13)16(30)27-9-17(20,21)22/h1-7,26H,8-9H2,(H,27,30)(H,28,29). The van der Waals surface area contributed by atoms with Gasteiger partial charge >= 0.3 is 12.4 Å². The molecule has 12 heteroatoms. The molecule has 0 aromatic heterocycles. The maximum absolute atomic E-state index is 13.1. The monoisotopic (exact) mass is 453 g/mol. The first-order chi connectivity index (χ1) is 13.9. The van der Waals surface area contributed by atoms with Crippen LogP contribution in [-0.2, 0) is 11.0 Å². The van der Waals surface area contributed by atoms with Crippen molar-refractivity contribution in [2.75, 3.05) is 23.7 Å². The highest BCUT2D eigenvalue weighted by Gasteiger charge is 2.34. The molecular weight excluding hydrogens is 440 g/mol. The van der Waals surface area contributed by atoms with Crippen molar-refractivity contribution in [2.45, 2.75) is 12.4 Å². The van der Waals surface area contributed by atoms with Gasteiger partial charge in [0, 0.05) is 10.7 Å². The summed E-state index contributed by atoms with van der Waals surface area (Å²) in [6.07, 6.45) is -9.36. The van der Waals surface area contributed by atoms with E-state index >= 15 is 0 Å². The summed E-state index contributed by atoms with van der Waals surface area (Å²) in [5, 5.41) is 6.12. The Morgan fingerprint density at radius 2 is 1.60 bits per heavy atom. The van der Waals surface area contributed by atoms with Gasteiger partial charge in [0.15, 0.2) is 0 Å². The summed E-state index contributed by atoms with van der Waals surface area (Å²) in [5.41, 5.74) is -1.80. The molecule has 0 aliphatic heterocycles. The Balaban J connectivity index is 2.07. The van der Waals surface area contributed by atoms with Crippen LogP contribution in [-0.4, -0.2) is 31.1 Å². The molecule has 0 fully saturated rings. The summed E-state index contributed by atoms with van der Waals surface area (Å²) in [4.78, 5) is 24.0. The first-order valence-electron chi connectivity index (χ1n) is 8.21.